The highest BCUT2D eigenvalue weighted by atomic mass is 35.5. The zero-order valence-corrected chi connectivity index (χ0v) is 10.2. The van der Waals surface area contributed by atoms with E-state index in [0.29, 0.717) is 10.6 Å². The molecule has 0 fully saturated rings. The summed E-state index contributed by atoms with van der Waals surface area (Å²) in [6, 6.07) is 9.72. The van der Waals surface area contributed by atoms with Crippen molar-refractivity contribution in [3.05, 3.63) is 67.7 Å². The number of hydrogen-bond donors (Lipinski definition) is 0. The van der Waals surface area contributed by atoms with Crippen molar-refractivity contribution in [1.82, 2.24) is 0 Å². The summed E-state index contributed by atoms with van der Waals surface area (Å²) in [4.78, 5) is 20.6. The van der Waals surface area contributed by atoms with E-state index in [0.717, 1.165) is 0 Å². The SMILES string of the molecule is O=[N+]([O-])c1cccc(-c2cc(Cl)ccc2[N+](=O)[O-])c1. The standard InChI is InChI=1S/C12H7ClN2O4/c13-9-4-5-12(15(18)19)11(7-9)8-2-1-3-10(6-8)14(16)17/h1-7H. The molecular weight excluding hydrogens is 272 g/mol. The van der Waals surface area contributed by atoms with Gasteiger partial charge in [0, 0.05) is 23.2 Å². The lowest BCUT2D eigenvalue weighted by atomic mass is 10.0. The van der Waals surface area contributed by atoms with Crippen LogP contribution in [-0.4, -0.2) is 9.85 Å². The van der Waals surface area contributed by atoms with Gasteiger partial charge in [0.1, 0.15) is 0 Å². The number of nitrogens with zero attached hydrogens (tertiary/aromatic N) is 2. The summed E-state index contributed by atoms with van der Waals surface area (Å²) in [6.07, 6.45) is 0. The fraction of sp³-hybridized carbons (Fsp3) is 0. The van der Waals surface area contributed by atoms with Gasteiger partial charge in [-0.2, -0.15) is 0 Å². The Labute approximate surface area is 112 Å². The molecule has 0 atom stereocenters. The molecule has 0 N–H and O–H groups in total. The van der Waals surface area contributed by atoms with Crippen molar-refractivity contribution in [1.29, 1.82) is 0 Å². The topological polar surface area (TPSA) is 86.3 Å². The Morgan fingerprint density at radius 1 is 0.947 bits per heavy atom. The van der Waals surface area contributed by atoms with Gasteiger partial charge in [-0.05, 0) is 17.7 Å². The molecule has 0 aromatic heterocycles. The highest BCUT2D eigenvalue weighted by Gasteiger charge is 2.17. The van der Waals surface area contributed by atoms with E-state index in [-0.39, 0.29) is 16.9 Å². The number of non-ortho nitro benzene ring substituents is 1. The Morgan fingerprint density at radius 3 is 2.32 bits per heavy atom. The summed E-state index contributed by atoms with van der Waals surface area (Å²) in [5, 5.41) is 22.0. The second-order valence-electron chi connectivity index (χ2n) is 3.73. The van der Waals surface area contributed by atoms with Crippen molar-refractivity contribution >= 4 is 23.0 Å². The van der Waals surface area contributed by atoms with Crippen molar-refractivity contribution in [2.75, 3.05) is 0 Å². The van der Waals surface area contributed by atoms with Crippen molar-refractivity contribution in [2.24, 2.45) is 0 Å². The van der Waals surface area contributed by atoms with Gasteiger partial charge in [0.25, 0.3) is 11.4 Å². The lowest BCUT2D eigenvalue weighted by Crippen LogP contribution is -1.93. The summed E-state index contributed by atoms with van der Waals surface area (Å²) < 4.78 is 0. The molecule has 6 nitrogen and oxygen atoms in total. The third-order valence-corrected chi connectivity index (χ3v) is 2.76. The molecule has 2 aromatic carbocycles. The normalized spacial score (nSPS) is 10.2. The summed E-state index contributed by atoms with van der Waals surface area (Å²) >= 11 is 5.82. The fourth-order valence-electron chi connectivity index (χ4n) is 1.69. The molecule has 0 saturated heterocycles. The van der Waals surface area contributed by atoms with Crippen molar-refractivity contribution in [3.63, 3.8) is 0 Å². The maximum Gasteiger partial charge on any atom is 0.277 e. The largest absolute Gasteiger partial charge is 0.277 e. The predicted molar refractivity (Wildman–Crippen MR) is 70.2 cm³/mol. The molecule has 0 saturated carbocycles. The smallest absolute Gasteiger partial charge is 0.258 e. The number of hydrogen-bond acceptors (Lipinski definition) is 4. The molecule has 2 aromatic rings. The van der Waals surface area contributed by atoms with Crippen LogP contribution in [0.3, 0.4) is 0 Å². The molecule has 19 heavy (non-hydrogen) atoms. The minimum Gasteiger partial charge on any atom is -0.258 e. The number of benzene rings is 2. The van der Waals surface area contributed by atoms with Crippen LogP contribution in [0, 0.1) is 20.2 Å². The van der Waals surface area contributed by atoms with E-state index in [2.05, 4.69) is 0 Å². The van der Waals surface area contributed by atoms with Crippen LogP contribution in [0.5, 0.6) is 0 Å². The highest BCUT2D eigenvalue weighted by Crippen LogP contribution is 2.33. The first kappa shape index (κ1) is 13.0. The van der Waals surface area contributed by atoms with E-state index in [4.69, 9.17) is 11.6 Å². The van der Waals surface area contributed by atoms with Crippen LogP contribution in [0.2, 0.25) is 5.02 Å². The van der Waals surface area contributed by atoms with Gasteiger partial charge in [-0.25, -0.2) is 0 Å². The maximum absolute atomic E-state index is 11.0. The molecular formula is C12H7ClN2O4. The van der Waals surface area contributed by atoms with E-state index >= 15 is 0 Å². The van der Waals surface area contributed by atoms with Crippen LogP contribution in [0.1, 0.15) is 0 Å². The van der Waals surface area contributed by atoms with Gasteiger partial charge in [-0.15, -0.1) is 0 Å². The summed E-state index contributed by atoms with van der Waals surface area (Å²) in [6.45, 7) is 0. The van der Waals surface area contributed by atoms with E-state index in [1.807, 2.05) is 0 Å². The molecule has 96 valence electrons. The molecule has 0 radical (unpaired) electrons. The van der Waals surface area contributed by atoms with Crippen LogP contribution in [0.15, 0.2) is 42.5 Å². The Kier molecular flexibility index (Phi) is 3.43. The third-order valence-electron chi connectivity index (χ3n) is 2.52. The Bertz CT molecular complexity index is 673. The number of rotatable bonds is 3. The maximum atomic E-state index is 11.0. The van der Waals surface area contributed by atoms with E-state index in [1.165, 1.54) is 36.4 Å². The van der Waals surface area contributed by atoms with E-state index in [1.54, 1.807) is 6.07 Å². The first-order chi connectivity index (χ1) is 8.99. The lowest BCUT2D eigenvalue weighted by Gasteiger charge is -2.03. The minimum atomic E-state index is -0.556. The lowest BCUT2D eigenvalue weighted by molar-refractivity contribution is -0.385. The number of nitro benzene ring substituents is 2. The van der Waals surface area contributed by atoms with Gasteiger partial charge in [-0.3, -0.25) is 20.2 Å². The van der Waals surface area contributed by atoms with Gasteiger partial charge in [0.2, 0.25) is 0 Å². The Morgan fingerprint density at radius 2 is 1.68 bits per heavy atom. The van der Waals surface area contributed by atoms with Gasteiger partial charge in [-0.1, -0.05) is 23.7 Å². The zero-order valence-electron chi connectivity index (χ0n) is 9.45. The van der Waals surface area contributed by atoms with Crippen molar-refractivity contribution < 1.29 is 9.85 Å². The minimum absolute atomic E-state index is 0.133. The summed E-state index contributed by atoms with van der Waals surface area (Å²) in [7, 11) is 0. The van der Waals surface area contributed by atoms with Crippen LogP contribution in [0.25, 0.3) is 11.1 Å². The fourth-order valence-corrected chi connectivity index (χ4v) is 1.86. The Balaban J connectivity index is 2.64. The van der Waals surface area contributed by atoms with Crippen molar-refractivity contribution in [2.45, 2.75) is 0 Å². The second kappa shape index (κ2) is 5.03. The molecule has 0 unspecified atom stereocenters. The molecule has 0 aliphatic carbocycles. The van der Waals surface area contributed by atoms with Crippen LogP contribution in [0.4, 0.5) is 11.4 Å². The summed E-state index contributed by atoms with van der Waals surface area (Å²) in [5.74, 6) is 0. The predicted octanol–water partition coefficient (Wildman–Crippen LogP) is 3.82. The average Bonchev–Trinajstić information content (AvgIpc) is 2.38. The first-order valence-corrected chi connectivity index (χ1v) is 5.55. The zero-order chi connectivity index (χ0) is 14.0. The number of halogens is 1. The summed E-state index contributed by atoms with van der Waals surface area (Å²) in [5.41, 5.74) is 0.348. The van der Waals surface area contributed by atoms with Crippen LogP contribution in [-0.2, 0) is 0 Å². The van der Waals surface area contributed by atoms with Crippen LogP contribution >= 0.6 is 11.6 Å². The second-order valence-corrected chi connectivity index (χ2v) is 4.16. The van der Waals surface area contributed by atoms with E-state index in [9.17, 15) is 20.2 Å². The highest BCUT2D eigenvalue weighted by molar-refractivity contribution is 6.31. The molecule has 0 bridgehead atoms. The molecule has 7 heteroatoms. The van der Waals surface area contributed by atoms with Crippen LogP contribution < -0.4 is 0 Å². The number of nitro groups is 2. The molecule has 0 heterocycles. The third kappa shape index (κ3) is 2.69. The molecule has 0 aliphatic heterocycles. The first-order valence-electron chi connectivity index (χ1n) is 5.18. The van der Waals surface area contributed by atoms with Gasteiger partial charge >= 0.3 is 0 Å². The van der Waals surface area contributed by atoms with Crippen molar-refractivity contribution in [3.8, 4) is 11.1 Å². The molecule has 0 spiro atoms. The van der Waals surface area contributed by atoms with Gasteiger partial charge < -0.3 is 0 Å². The Hall–Kier alpha value is -2.47. The average molecular weight is 279 g/mol. The monoisotopic (exact) mass is 278 g/mol. The van der Waals surface area contributed by atoms with Gasteiger partial charge in [0.15, 0.2) is 0 Å². The van der Waals surface area contributed by atoms with E-state index < -0.39 is 9.85 Å². The quantitative estimate of drug-likeness (QED) is 0.631. The molecule has 2 rings (SSSR count). The molecule has 0 aliphatic rings. The molecule has 0 amide bonds. The van der Waals surface area contributed by atoms with Gasteiger partial charge in [0.05, 0.1) is 15.4 Å².